The average molecular weight is 263 g/mol. The molecule has 1 amide bonds. The number of aliphatic carboxylic acids is 1. The van der Waals surface area contributed by atoms with E-state index in [0.29, 0.717) is 0 Å². The van der Waals surface area contributed by atoms with Crippen LogP contribution in [-0.4, -0.2) is 17.8 Å². The number of carboxylic acids is 2. The van der Waals surface area contributed by atoms with Crippen molar-refractivity contribution in [1.82, 2.24) is 0 Å². The minimum Gasteiger partial charge on any atom is -0.550 e. The number of para-hydroxylation sites is 1. The monoisotopic (exact) mass is 263 g/mol. The highest BCUT2D eigenvalue weighted by Gasteiger charge is 2.11. The first-order chi connectivity index (χ1) is 8.90. The summed E-state index contributed by atoms with van der Waals surface area (Å²) in [5.74, 6) is -3.46. The summed E-state index contributed by atoms with van der Waals surface area (Å²) in [7, 11) is 0. The first kappa shape index (κ1) is 14.7. The van der Waals surface area contributed by atoms with E-state index in [4.69, 9.17) is 0 Å². The zero-order chi connectivity index (χ0) is 14.4. The number of anilines is 1. The Morgan fingerprint density at radius 2 is 1.79 bits per heavy atom. The van der Waals surface area contributed by atoms with Gasteiger partial charge in [0.05, 0.1) is 5.97 Å². The van der Waals surface area contributed by atoms with Gasteiger partial charge in [0.15, 0.2) is 0 Å². The zero-order valence-electron chi connectivity index (χ0n) is 10.3. The minimum absolute atomic E-state index is 0.0324. The number of aromatic carboxylic acids is 1. The van der Waals surface area contributed by atoms with Gasteiger partial charge < -0.3 is 25.1 Å². The molecule has 1 atom stereocenters. The van der Waals surface area contributed by atoms with Gasteiger partial charge in [0.2, 0.25) is 5.91 Å². The van der Waals surface area contributed by atoms with E-state index < -0.39 is 17.8 Å². The molecule has 6 heteroatoms. The van der Waals surface area contributed by atoms with Gasteiger partial charge in [-0.3, -0.25) is 4.79 Å². The van der Waals surface area contributed by atoms with Gasteiger partial charge in [-0.15, -0.1) is 0 Å². The molecule has 1 rings (SSSR count). The molecule has 0 spiro atoms. The van der Waals surface area contributed by atoms with Crippen LogP contribution in [0.3, 0.4) is 0 Å². The Hall–Kier alpha value is -2.37. The maximum Gasteiger partial charge on any atom is 0.224 e. The predicted molar refractivity (Wildman–Crippen MR) is 62.8 cm³/mol. The fraction of sp³-hybridized carbons (Fsp3) is 0.308. The summed E-state index contributed by atoms with van der Waals surface area (Å²) in [5, 5.41) is 23.6. The lowest BCUT2D eigenvalue weighted by molar-refractivity contribution is -0.306. The number of nitrogens with one attached hydrogen (secondary N) is 1. The van der Waals surface area contributed by atoms with Crippen LogP contribution >= 0.6 is 0 Å². The fourth-order valence-corrected chi connectivity index (χ4v) is 1.64. The second-order valence-electron chi connectivity index (χ2n) is 4.27. The highest BCUT2D eigenvalue weighted by atomic mass is 16.4. The van der Waals surface area contributed by atoms with Crippen LogP contribution in [-0.2, 0) is 9.59 Å². The van der Waals surface area contributed by atoms with Gasteiger partial charge >= 0.3 is 0 Å². The molecule has 0 fully saturated rings. The second-order valence-corrected chi connectivity index (χ2v) is 4.27. The molecule has 0 aliphatic heterocycles. The van der Waals surface area contributed by atoms with Crippen molar-refractivity contribution in [3.63, 3.8) is 0 Å². The number of hydrogen-bond acceptors (Lipinski definition) is 5. The van der Waals surface area contributed by atoms with Crippen LogP contribution in [0.4, 0.5) is 5.69 Å². The van der Waals surface area contributed by atoms with Crippen molar-refractivity contribution in [3.8, 4) is 0 Å². The van der Waals surface area contributed by atoms with Gasteiger partial charge in [-0.05, 0) is 18.4 Å². The van der Waals surface area contributed by atoms with Crippen LogP contribution in [0, 0.1) is 5.92 Å². The summed E-state index contributed by atoms with van der Waals surface area (Å²) in [4.78, 5) is 32.8. The van der Waals surface area contributed by atoms with E-state index in [-0.39, 0.29) is 30.0 Å². The normalized spacial score (nSPS) is 11.6. The van der Waals surface area contributed by atoms with Crippen LogP contribution in [0.25, 0.3) is 0 Å². The van der Waals surface area contributed by atoms with Crippen LogP contribution in [0.2, 0.25) is 0 Å². The summed E-state index contributed by atoms with van der Waals surface area (Å²) in [6, 6.07) is 5.84. The number of rotatable bonds is 6. The van der Waals surface area contributed by atoms with Crippen molar-refractivity contribution >= 4 is 23.5 Å². The van der Waals surface area contributed by atoms with Crippen LogP contribution in [0.15, 0.2) is 24.3 Å². The number of carboxylic acid groups (broad SMARTS) is 2. The molecule has 19 heavy (non-hydrogen) atoms. The van der Waals surface area contributed by atoms with Crippen LogP contribution < -0.4 is 15.5 Å². The standard InChI is InChI=1S/C13H15NO5/c1-8(7-12(16)17)6-11(15)14-10-5-3-2-4-9(10)13(18)19/h2-5,8H,6-7H2,1H3,(H,14,15)(H,16,17)(H,18,19)/p-2. The van der Waals surface area contributed by atoms with Crippen molar-refractivity contribution < 1.29 is 24.6 Å². The van der Waals surface area contributed by atoms with Crippen molar-refractivity contribution in [2.45, 2.75) is 19.8 Å². The molecule has 0 saturated carbocycles. The Labute approximate surface area is 110 Å². The van der Waals surface area contributed by atoms with Crippen molar-refractivity contribution in [3.05, 3.63) is 29.8 Å². The third-order valence-corrected chi connectivity index (χ3v) is 2.47. The quantitative estimate of drug-likeness (QED) is 0.719. The van der Waals surface area contributed by atoms with Crippen LogP contribution in [0.5, 0.6) is 0 Å². The van der Waals surface area contributed by atoms with Gasteiger partial charge in [-0.2, -0.15) is 0 Å². The highest BCUT2D eigenvalue weighted by molar-refractivity contribution is 5.99. The van der Waals surface area contributed by atoms with Gasteiger partial charge in [-0.25, -0.2) is 0 Å². The van der Waals surface area contributed by atoms with Gasteiger partial charge in [0.1, 0.15) is 0 Å². The summed E-state index contributed by atoms with van der Waals surface area (Å²) in [6.07, 6.45) is -0.259. The average Bonchev–Trinajstić information content (AvgIpc) is 2.27. The number of amides is 1. The molecule has 0 saturated heterocycles. The summed E-state index contributed by atoms with van der Waals surface area (Å²) < 4.78 is 0. The highest BCUT2D eigenvalue weighted by Crippen LogP contribution is 2.15. The molecule has 6 nitrogen and oxygen atoms in total. The molecule has 0 heterocycles. The molecule has 0 bridgehead atoms. The maximum absolute atomic E-state index is 11.6. The number of carbonyl (C=O) groups is 3. The Balaban J connectivity index is 2.67. The zero-order valence-corrected chi connectivity index (χ0v) is 10.3. The van der Waals surface area contributed by atoms with Gasteiger partial charge in [-0.1, -0.05) is 25.1 Å². The van der Waals surface area contributed by atoms with E-state index >= 15 is 0 Å². The maximum atomic E-state index is 11.6. The molecule has 0 aromatic heterocycles. The molecular weight excluding hydrogens is 250 g/mol. The fourth-order valence-electron chi connectivity index (χ4n) is 1.64. The smallest absolute Gasteiger partial charge is 0.224 e. The Kier molecular flexibility index (Phi) is 5.05. The van der Waals surface area contributed by atoms with E-state index in [9.17, 15) is 24.6 Å². The van der Waals surface area contributed by atoms with Crippen molar-refractivity contribution in [2.75, 3.05) is 5.32 Å². The molecular formula is C13H13NO5-2. The van der Waals surface area contributed by atoms with E-state index in [2.05, 4.69) is 5.32 Å². The lowest BCUT2D eigenvalue weighted by atomic mass is 10.0. The largest absolute Gasteiger partial charge is 0.550 e. The SMILES string of the molecule is CC(CC(=O)[O-])CC(=O)Nc1ccccc1C(=O)[O-]. The van der Waals surface area contributed by atoms with Crippen molar-refractivity contribution in [1.29, 1.82) is 0 Å². The second kappa shape index (κ2) is 6.53. The minimum atomic E-state index is -1.39. The van der Waals surface area contributed by atoms with Gasteiger partial charge in [0, 0.05) is 23.6 Å². The topological polar surface area (TPSA) is 109 Å². The molecule has 0 aliphatic rings. The molecule has 1 unspecified atom stereocenters. The number of carbonyl (C=O) groups excluding carboxylic acids is 3. The Morgan fingerprint density at radius 3 is 2.37 bits per heavy atom. The first-order valence-electron chi connectivity index (χ1n) is 5.70. The van der Waals surface area contributed by atoms with E-state index in [0.717, 1.165) is 0 Å². The lowest BCUT2D eigenvalue weighted by Crippen LogP contribution is -2.27. The van der Waals surface area contributed by atoms with Crippen LogP contribution in [0.1, 0.15) is 30.1 Å². The van der Waals surface area contributed by atoms with Crippen molar-refractivity contribution in [2.24, 2.45) is 5.92 Å². The molecule has 1 aromatic carbocycles. The molecule has 102 valence electrons. The number of benzene rings is 1. The van der Waals surface area contributed by atoms with Gasteiger partial charge in [0.25, 0.3) is 0 Å². The molecule has 1 aromatic rings. The Bertz CT molecular complexity index is 498. The summed E-state index contributed by atoms with van der Waals surface area (Å²) >= 11 is 0. The first-order valence-corrected chi connectivity index (χ1v) is 5.70. The number of hydrogen-bond donors (Lipinski definition) is 1. The predicted octanol–water partition coefficient (Wildman–Crippen LogP) is -0.845. The molecule has 0 radical (unpaired) electrons. The third-order valence-electron chi connectivity index (χ3n) is 2.47. The lowest BCUT2D eigenvalue weighted by Gasteiger charge is -2.14. The third kappa shape index (κ3) is 4.79. The van der Waals surface area contributed by atoms with E-state index in [1.807, 2.05) is 0 Å². The molecule has 1 N–H and O–H groups in total. The molecule has 0 aliphatic carbocycles. The summed E-state index contributed by atoms with van der Waals surface area (Å²) in [5.41, 5.74) is 0.0107. The Morgan fingerprint density at radius 1 is 1.16 bits per heavy atom. The van der Waals surface area contributed by atoms with E-state index in [1.54, 1.807) is 13.0 Å². The summed E-state index contributed by atoms with van der Waals surface area (Å²) in [6.45, 7) is 1.60. The van der Waals surface area contributed by atoms with E-state index in [1.165, 1.54) is 18.2 Å².